The smallest absolute Gasteiger partial charge is 0.304 e. The Morgan fingerprint density at radius 3 is 2.36 bits per heavy atom. The van der Waals surface area contributed by atoms with E-state index in [4.69, 9.17) is 0 Å². The van der Waals surface area contributed by atoms with E-state index in [2.05, 4.69) is 11.9 Å². The minimum Gasteiger partial charge on any atom is -0.316 e. The summed E-state index contributed by atoms with van der Waals surface area (Å²) < 4.78 is 0. The number of thiazole rings is 1. The summed E-state index contributed by atoms with van der Waals surface area (Å²) >= 11 is 1.36. The summed E-state index contributed by atoms with van der Waals surface area (Å²) in [5.41, 5.74) is 1.22. The highest BCUT2D eigenvalue weighted by atomic mass is 32.1. The van der Waals surface area contributed by atoms with Crippen molar-refractivity contribution in [3.8, 4) is 0 Å². The molecule has 1 saturated carbocycles. The van der Waals surface area contributed by atoms with Gasteiger partial charge in [0.2, 0.25) is 0 Å². The number of hydrogen-bond acceptors (Lipinski definition) is 2. The van der Waals surface area contributed by atoms with Crippen LogP contribution in [0, 0.1) is 6.92 Å². The van der Waals surface area contributed by atoms with Gasteiger partial charge in [-0.2, -0.15) is 0 Å². The SMILES string of the molecule is Cc1sc(=O)[nH]c1C1CCCCCC1. The van der Waals surface area contributed by atoms with Crippen molar-refractivity contribution >= 4 is 11.3 Å². The van der Waals surface area contributed by atoms with Crippen LogP contribution < -0.4 is 4.87 Å². The Hall–Kier alpha value is -0.570. The Morgan fingerprint density at radius 1 is 1.21 bits per heavy atom. The number of aryl methyl sites for hydroxylation is 1. The molecule has 0 unspecified atom stereocenters. The van der Waals surface area contributed by atoms with Crippen LogP contribution in [0.1, 0.15) is 55.0 Å². The summed E-state index contributed by atoms with van der Waals surface area (Å²) in [6, 6.07) is 0. The first-order valence-electron chi connectivity index (χ1n) is 5.47. The lowest BCUT2D eigenvalue weighted by molar-refractivity contribution is 0.577. The standard InChI is InChI=1S/C11H17NOS/c1-8-10(12-11(13)14-8)9-6-4-2-3-5-7-9/h9H,2-7H2,1H3,(H,12,13). The lowest BCUT2D eigenvalue weighted by Crippen LogP contribution is -2.02. The quantitative estimate of drug-likeness (QED) is 0.711. The third kappa shape index (κ3) is 2.08. The molecule has 0 aromatic carbocycles. The fourth-order valence-electron chi connectivity index (χ4n) is 2.38. The lowest BCUT2D eigenvalue weighted by atomic mass is 9.96. The van der Waals surface area contributed by atoms with Crippen LogP contribution in [0.4, 0.5) is 0 Å². The Morgan fingerprint density at radius 2 is 1.86 bits per heavy atom. The first kappa shape index (κ1) is 9.97. The second kappa shape index (κ2) is 4.30. The average molecular weight is 211 g/mol. The third-order valence-corrected chi connectivity index (χ3v) is 3.94. The maximum Gasteiger partial charge on any atom is 0.304 e. The van der Waals surface area contributed by atoms with Gasteiger partial charge in [0.25, 0.3) is 0 Å². The summed E-state index contributed by atoms with van der Waals surface area (Å²) in [5, 5.41) is 0. The van der Waals surface area contributed by atoms with E-state index in [0.717, 1.165) is 0 Å². The van der Waals surface area contributed by atoms with Gasteiger partial charge in [-0.1, -0.05) is 37.0 Å². The van der Waals surface area contributed by atoms with Crippen LogP contribution in [-0.4, -0.2) is 4.98 Å². The van der Waals surface area contributed by atoms with Crippen LogP contribution in [0.3, 0.4) is 0 Å². The molecule has 1 aromatic rings. The van der Waals surface area contributed by atoms with Crippen molar-refractivity contribution in [1.29, 1.82) is 0 Å². The predicted molar refractivity (Wildman–Crippen MR) is 60.1 cm³/mol. The molecule has 78 valence electrons. The van der Waals surface area contributed by atoms with Gasteiger partial charge in [-0.15, -0.1) is 0 Å². The van der Waals surface area contributed by atoms with Crippen molar-refractivity contribution < 1.29 is 0 Å². The molecule has 1 fully saturated rings. The number of nitrogens with one attached hydrogen (secondary N) is 1. The lowest BCUT2D eigenvalue weighted by Gasteiger charge is -2.12. The Bertz CT molecular complexity index is 344. The summed E-state index contributed by atoms with van der Waals surface area (Å²) in [4.78, 5) is 15.5. The van der Waals surface area contributed by atoms with Crippen molar-refractivity contribution in [2.45, 2.75) is 51.4 Å². The Kier molecular flexibility index (Phi) is 3.06. The van der Waals surface area contributed by atoms with Gasteiger partial charge < -0.3 is 4.98 Å². The van der Waals surface area contributed by atoms with E-state index in [0.29, 0.717) is 5.92 Å². The highest BCUT2D eigenvalue weighted by molar-refractivity contribution is 7.09. The molecule has 0 saturated heterocycles. The van der Waals surface area contributed by atoms with Gasteiger partial charge in [0.05, 0.1) is 0 Å². The number of hydrogen-bond donors (Lipinski definition) is 1. The molecule has 0 radical (unpaired) electrons. The number of rotatable bonds is 1. The summed E-state index contributed by atoms with van der Waals surface area (Å²) in [6.07, 6.45) is 7.89. The molecule has 0 atom stereocenters. The molecule has 0 aliphatic heterocycles. The van der Waals surface area contributed by atoms with E-state index in [9.17, 15) is 4.79 Å². The summed E-state index contributed by atoms with van der Waals surface area (Å²) in [7, 11) is 0. The van der Waals surface area contributed by atoms with Gasteiger partial charge in [0.1, 0.15) is 0 Å². The van der Waals surface area contributed by atoms with E-state index in [-0.39, 0.29) is 4.87 Å². The van der Waals surface area contributed by atoms with E-state index >= 15 is 0 Å². The molecule has 0 spiro atoms. The molecule has 0 amide bonds. The zero-order valence-corrected chi connectivity index (χ0v) is 9.45. The van der Waals surface area contributed by atoms with Crippen molar-refractivity contribution in [2.24, 2.45) is 0 Å². The Balaban J connectivity index is 2.20. The molecule has 1 heterocycles. The molecule has 1 aromatic heterocycles. The normalized spacial score (nSPS) is 19.5. The molecule has 1 aliphatic carbocycles. The molecular formula is C11H17NOS. The largest absolute Gasteiger partial charge is 0.316 e. The summed E-state index contributed by atoms with van der Waals surface area (Å²) in [6.45, 7) is 2.06. The zero-order valence-electron chi connectivity index (χ0n) is 8.64. The van der Waals surface area contributed by atoms with Gasteiger partial charge in [-0.05, 0) is 19.8 Å². The fraction of sp³-hybridized carbons (Fsp3) is 0.727. The van der Waals surface area contributed by atoms with Crippen LogP contribution in [0.2, 0.25) is 0 Å². The van der Waals surface area contributed by atoms with Crippen molar-refractivity contribution in [3.05, 3.63) is 20.2 Å². The second-order valence-corrected chi connectivity index (χ2v) is 5.36. The molecule has 3 heteroatoms. The Labute approximate surface area is 88.4 Å². The van der Waals surface area contributed by atoms with Crippen LogP contribution in [-0.2, 0) is 0 Å². The molecule has 1 N–H and O–H groups in total. The van der Waals surface area contributed by atoms with Gasteiger partial charge >= 0.3 is 4.87 Å². The number of aromatic nitrogens is 1. The maximum absolute atomic E-state index is 11.2. The van der Waals surface area contributed by atoms with E-state index < -0.39 is 0 Å². The number of H-pyrrole nitrogens is 1. The number of aromatic amines is 1. The average Bonchev–Trinajstić information content (AvgIpc) is 2.43. The first-order chi connectivity index (χ1) is 6.77. The van der Waals surface area contributed by atoms with Gasteiger partial charge in [0.15, 0.2) is 0 Å². The van der Waals surface area contributed by atoms with Crippen molar-refractivity contribution in [3.63, 3.8) is 0 Å². The van der Waals surface area contributed by atoms with E-state index in [1.165, 1.54) is 60.4 Å². The van der Waals surface area contributed by atoms with Gasteiger partial charge in [-0.25, -0.2) is 0 Å². The molecule has 2 nitrogen and oxygen atoms in total. The molecular weight excluding hydrogens is 194 g/mol. The molecule has 14 heavy (non-hydrogen) atoms. The van der Waals surface area contributed by atoms with E-state index in [1.54, 1.807) is 0 Å². The monoisotopic (exact) mass is 211 g/mol. The zero-order chi connectivity index (χ0) is 9.97. The third-order valence-electron chi connectivity index (χ3n) is 3.13. The molecule has 2 rings (SSSR count). The molecule has 0 bridgehead atoms. The van der Waals surface area contributed by atoms with Crippen LogP contribution in [0.15, 0.2) is 4.79 Å². The second-order valence-electron chi connectivity index (χ2n) is 4.17. The van der Waals surface area contributed by atoms with Crippen LogP contribution in [0.25, 0.3) is 0 Å². The minimum atomic E-state index is 0.113. The van der Waals surface area contributed by atoms with Crippen molar-refractivity contribution in [1.82, 2.24) is 4.98 Å². The predicted octanol–water partition coefficient (Wildman–Crippen LogP) is 3.18. The molecule has 1 aliphatic rings. The van der Waals surface area contributed by atoms with E-state index in [1.807, 2.05) is 0 Å². The van der Waals surface area contributed by atoms with Gasteiger partial charge in [0, 0.05) is 16.5 Å². The fourth-order valence-corrected chi connectivity index (χ4v) is 3.14. The van der Waals surface area contributed by atoms with Crippen LogP contribution >= 0.6 is 11.3 Å². The van der Waals surface area contributed by atoms with Crippen LogP contribution in [0.5, 0.6) is 0 Å². The van der Waals surface area contributed by atoms with Crippen molar-refractivity contribution in [2.75, 3.05) is 0 Å². The van der Waals surface area contributed by atoms with Gasteiger partial charge in [-0.3, -0.25) is 4.79 Å². The minimum absolute atomic E-state index is 0.113. The summed E-state index contributed by atoms with van der Waals surface area (Å²) in [5.74, 6) is 0.622. The highest BCUT2D eigenvalue weighted by Gasteiger charge is 2.18. The first-order valence-corrected chi connectivity index (χ1v) is 6.28. The highest BCUT2D eigenvalue weighted by Crippen LogP contribution is 2.32. The topological polar surface area (TPSA) is 32.9 Å². The maximum atomic E-state index is 11.2.